The van der Waals surface area contributed by atoms with Gasteiger partial charge in [-0.15, -0.1) is 11.3 Å². The topological polar surface area (TPSA) is 81.2 Å². The number of nitrogens with one attached hydrogen (secondary N) is 2. The molecule has 0 spiro atoms. The molecule has 1 saturated heterocycles. The van der Waals surface area contributed by atoms with Gasteiger partial charge in [0.2, 0.25) is 0 Å². The van der Waals surface area contributed by atoms with Gasteiger partial charge in [-0.25, -0.2) is 4.79 Å². The number of nitrogens with zero attached hydrogens (tertiary/aromatic N) is 2. The van der Waals surface area contributed by atoms with Gasteiger partial charge in [-0.3, -0.25) is 5.10 Å². The second kappa shape index (κ2) is 6.85. The molecule has 0 unspecified atom stereocenters. The summed E-state index contributed by atoms with van der Waals surface area (Å²) in [5, 5.41) is 23.3. The van der Waals surface area contributed by atoms with E-state index in [0.29, 0.717) is 13.1 Å². The number of amides is 2. The molecule has 4 rings (SSSR count). The van der Waals surface area contributed by atoms with Crippen molar-refractivity contribution in [2.45, 2.75) is 18.9 Å². The van der Waals surface area contributed by atoms with Crippen LogP contribution < -0.4 is 5.32 Å². The van der Waals surface area contributed by atoms with Gasteiger partial charge in [0, 0.05) is 29.0 Å². The summed E-state index contributed by atoms with van der Waals surface area (Å²) < 4.78 is 0. The minimum absolute atomic E-state index is 0.0945. The molecule has 1 fully saturated rings. The summed E-state index contributed by atoms with van der Waals surface area (Å²) in [4.78, 5) is 15.3. The first kappa shape index (κ1) is 16.1. The summed E-state index contributed by atoms with van der Waals surface area (Å²) in [5.41, 5.74) is 1.65. The average Bonchev–Trinajstić information content (AvgIpc) is 3.32. The first-order valence-corrected chi connectivity index (χ1v) is 9.29. The van der Waals surface area contributed by atoms with Crippen LogP contribution in [0.5, 0.6) is 0 Å². The molecule has 0 aliphatic carbocycles. The lowest BCUT2D eigenvalue weighted by Crippen LogP contribution is -2.42. The molecule has 6 nitrogen and oxygen atoms in total. The Morgan fingerprint density at radius 1 is 1.36 bits per heavy atom. The van der Waals surface area contributed by atoms with Crippen molar-refractivity contribution < 1.29 is 9.90 Å². The number of hydrogen-bond donors (Lipinski definition) is 3. The number of piperidine rings is 1. The van der Waals surface area contributed by atoms with Gasteiger partial charge in [0.15, 0.2) is 0 Å². The van der Waals surface area contributed by atoms with Crippen LogP contribution in [0, 0.1) is 5.92 Å². The number of likely N-dealkylation sites (tertiary alicyclic amines) is 1. The van der Waals surface area contributed by atoms with Crippen molar-refractivity contribution in [1.29, 1.82) is 0 Å². The van der Waals surface area contributed by atoms with Crippen molar-refractivity contribution in [3.8, 4) is 0 Å². The van der Waals surface area contributed by atoms with Gasteiger partial charge in [-0.2, -0.15) is 5.10 Å². The molecule has 1 aliphatic heterocycles. The maximum Gasteiger partial charge on any atom is 0.321 e. The highest BCUT2D eigenvalue weighted by atomic mass is 32.1. The van der Waals surface area contributed by atoms with Gasteiger partial charge in [0.05, 0.1) is 17.8 Å². The molecule has 0 saturated carbocycles. The molecular weight excluding hydrogens is 336 g/mol. The number of hydrogen-bond acceptors (Lipinski definition) is 4. The molecule has 0 radical (unpaired) electrons. The Hall–Kier alpha value is -2.38. The van der Waals surface area contributed by atoms with E-state index in [1.165, 1.54) is 0 Å². The second-order valence-corrected chi connectivity index (χ2v) is 7.37. The number of anilines is 1. The van der Waals surface area contributed by atoms with E-state index in [-0.39, 0.29) is 11.9 Å². The fourth-order valence-electron chi connectivity index (χ4n) is 3.33. The highest BCUT2D eigenvalue weighted by Gasteiger charge is 2.28. The van der Waals surface area contributed by atoms with Crippen LogP contribution >= 0.6 is 11.3 Å². The van der Waals surface area contributed by atoms with Crippen molar-refractivity contribution in [3.05, 3.63) is 46.8 Å². The minimum atomic E-state index is -0.423. The van der Waals surface area contributed by atoms with Crippen molar-refractivity contribution in [2.75, 3.05) is 18.4 Å². The van der Waals surface area contributed by atoms with Crippen LogP contribution in [-0.4, -0.2) is 39.3 Å². The molecule has 130 valence electrons. The molecule has 25 heavy (non-hydrogen) atoms. The third-order valence-electron chi connectivity index (χ3n) is 4.80. The maximum absolute atomic E-state index is 12.5. The van der Waals surface area contributed by atoms with E-state index in [4.69, 9.17) is 0 Å². The molecule has 3 heterocycles. The number of aromatic amines is 1. The highest BCUT2D eigenvalue weighted by Crippen LogP contribution is 2.33. The number of aliphatic hydroxyl groups excluding tert-OH is 1. The summed E-state index contributed by atoms with van der Waals surface area (Å²) in [6.45, 7) is 1.32. The quantitative estimate of drug-likeness (QED) is 0.671. The van der Waals surface area contributed by atoms with Gasteiger partial charge in [0.25, 0.3) is 0 Å². The Kier molecular flexibility index (Phi) is 4.42. The zero-order valence-electron chi connectivity index (χ0n) is 13.7. The largest absolute Gasteiger partial charge is 0.387 e. The van der Waals surface area contributed by atoms with E-state index in [9.17, 15) is 9.90 Å². The fourth-order valence-corrected chi connectivity index (χ4v) is 4.13. The van der Waals surface area contributed by atoms with Crippen molar-refractivity contribution in [3.63, 3.8) is 0 Å². The number of H-pyrrole nitrogens is 1. The molecule has 1 aromatic carbocycles. The molecule has 2 aromatic heterocycles. The third kappa shape index (κ3) is 3.38. The number of fused-ring (bicyclic) bond motifs is 1. The minimum Gasteiger partial charge on any atom is -0.387 e. The zero-order valence-corrected chi connectivity index (χ0v) is 14.5. The number of carbonyl (C=O) groups is 1. The van der Waals surface area contributed by atoms with E-state index in [0.717, 1.165) is 34.3 Å². The zero-order chi connectivity index (χ0) is 17.2. The monoisotopic (exact) mass is 356 g/mol. The van der Waals surface area contributed by atoms with Gasteiger partial charge in [0.1, 0.15) is 0 Å². The van der Waals surface area contributed by atoms with Crippen molar-refractivity contribution >= 4 is 34.0 Å². The standard InChI is InChI=1S/C18H20N4O2S/c23-17(16-2-1-9-25-16)12-5-7-22(8-6-12)18(24)20-14-4-3-13-11-19-21-15(13)10-14/h1-4,9-12,17,23H,5-8H2,(H,19,21)(H,20,24)/t17-/m0/s1. The molecule has 3 aromatic rings. The lowest BCUT2D eigenvalue weighted by atomic mass is 9.90. The Bertz CT molecular complexity index is 853. The van der Waals surface area contributed by atoms with E-state index >= 15 is 0 Å². The number of benzene rings is 1. The van der Waals surface area contributed by atoms with E-state index in [1.807, 2.05) is 40.6 Å². The Morgan fingerprint density at radius 3 is 2.96 bits per heavy atom. The second-order valence-electron chi connectivity index (χ2n) is 6.39. The molecule has 1 aliphatic rings. The number of carbonyl (C=O) groups excluding carboxylic acids is 1. The van der Waals surface area contributed by atoms with Crippen LogP contribution in [0.15, 0.2) is 41.9 Å². The first-order chi connectivity index (χ1) is 12.2. The van der Waals surface area contributed by atoms with E-state index in [2.05, 4.69) is 15.5 Å². The van der Waals surface area contributed by atoms with Crippen molar-refractivity contribution in [1.82, 2.24) is 15.1 Å². The molecule has 2 amide bonds. The van der Waals surface area contributed by atoms with Crippen LogP contribution in [0.1, 0.15) is 23.8 Å². The molecule has 7 heteroatoms. The van der Waals surface area contributed by atoms with Gasteiger partial charge in [-0.1, -0.05) is 6.07 Å². The van der Waals surface area contributed by atoms with Crippen LogP contribution in [0.2, 0.25) is 0 Å². The van der Waals surface area contributed by atoms with Gasteiger partial charge >= 0.3 is 6.03 Å². The Balaban J connectivity index is 1.34. The fraction of sp³-hybridized carbons (Fsp3) is 0.333. The van der Waals surface area contributed by atoms with Crippen LogP contribution in [-0.2, 0) is 0 Å². The highest BCUT2D eigenvalue weighted by molar-refractivity contribution is 7.10. The Labute approximate surface area is 149 Å². The lowest BCUT2D eigenvalue weighted by Gasteiger charge is -2.34. The smallest absolute Gasteiger partial charge is 0.321 e. The molecule has 0 bridgehead atoms. The SMILES string of the molecule is O=C(Nc1ccc2cn[nH]c2c1)N1CCC([C@H](O)c2cccs2)CC1. The first-order valence-electron chi connectivity index (χ1n) is 8.41. The van der Waals surface area contributed by atoms with E-state index in [1.54, 1.807) is 17.5 Å². The van der Waals surface area contributed by atoms with Gasteiger partial charge < -0.3 is 15.3 Å². The molecule has 3 N–H and O–H groups in total. The number of thiophene rings is 1. The summed E-state index contributed by atoms with van der Waals surface area (Å²) in [6.07, 6.45) is 2.95. The predicted molar refractivity (Wildman–Crippen MR) is 98.7 cm³/mol. The van der Waals surface area contributed by atoms with Crippen LogP contribution in [0.4, 0.5) is 10.5 Å². The molecule has 1 atom stereocenters. The van der Waals surface area contributed by atoms with Crippen LogP contribution in [0.25, 0.3) is 10.9 Å². The third-order valence-corrected chi connectivity index (χ3v) is 5.74. The lowest BCUT2D eigenvalue weighted by molar-refractivity contribution is 0.0708. The van der Waals surface area contributed by atoms with Crippen LogP contribution in [0.3, 0.4) is 0 Å². The number of aliphatic hydroxyl groups is 1. The maximum atomic E-state index is 12.5. The summed E-state index contributed by atoms with van der Waals surface area (Å²) >= 11 is 1.58. The van der Waals surface area contributed by atoms with E-state index < -0.39 is 6.10 Å². The predicted octanol–water partition coefficient (Wildman–Crippen LogP) is 3.60. The summed E-state index contributed by atoms with van der Waals surface area (Å²) in [5.74, 6) is 0.212. The summed E-state index contributed by atoms with van der Waals surface area (Å²) in [6, 6.07) is 9.53. The molecular formula is C18H20N4O2S. The summed E-state index contributed by atoms with van der Waals surface area (Å²) in [7, 11) is 0. The van der Waals surface area contributed by atoms with Crippen molar-refractivity contribution in [2.24, 2.45) is 5.92 Å². The average molecular weight is 356 g/mol. The normalized spacial score (nSPS) is 16.9. The van der Waals surface area contributed by atoms with Gasteiger partial charge in [-0.05, 0) is 48.4 Å². The Morgan fingerprint density at radius 2 is 2.20 bits per heavy atom. The number of aromatic nitrogens is 2. The number of rotatable bonds is 3. The number of urea groups is 1.